The molecule has 0 aromatic heterocycles. The summed E-state index contributed by atoms with van der Waals surface area (Å²) in [5.74, 6) is 0.933. The molecule has 0 fully saturated rings. The minimum absolute atomic E-state index is 0.933. The van der Waals surface area contributed by atoms with Crippen molar-refractivity contribution in [3.8, 4) is 0 Å². The van der Waals surface area contributed by atoms with Gasteiger partial charge in [-0.05, 0) is 19.4 Å². The lowest BCUT2D eigenvalue weighted by Gasteiger charge is -2.10. The van der Waals surface area contributed by atoms with Crippen molar-refractivity contribution in [3.63, 3.8) is 0 Å². The van der Waals surface area contributed by atoms with Crippen LogP contribution in [-0.4, -0.2) is 20.8 Å². The fourth-order valence-corrected chi connectivity index (χ4v) is 2.69. The van der Waals surface area contributed by atoms with Crippen LogP contribution >= 0.6 is 0 Å². The highest BCUT2D eigenvalue weighted by atomic mass is 16.5. The molecule has 0 saturated carbocycles. The van der Waals surface area contributed by atoms with Gasteiger partial charge in [-0.25, -0.2) is 0 Å². The highest BCUT2D eigenvalue weighted by Crippen LogP contribution is 2.17. The summed E-state index contributed by atoms with van der Waals surface area (Å²) in [5, 5.41) is 0. The maximum Gasteiger partial charge on any atom is 0.0462 e. The van der Waals surface area contributed by atoms with Crippen LogP contribution < -0.4 is 5.73 Å². The Morgan fingerprint density at radius 3 is 1.62 bits per heavy atom. The molecule has 0 amide bonds. The molecule has 0 heterocycles. The number of methoxy groups -OCH3 is 1. The third-order valence-electron chi connectivity index (χ3n) is 4.10. The summed E-state index contributed by atoms with van der Waals surface area (Å²) in [5.41, 5.74) is 4.50. The van der Waals surface area contributed by atoms with Gasteiger partial charge in [-0.1, -0.05) is 90.9 Å². The Balaban J connectivity index is 0. The molecule has 2 nitrogen and oxygen atoms in total. The highest BCUT2D eigenvalue weighted by Gasteiger charge is 2.01. The molecule has 1 unspecified atom stereocenters. The molecule has 0 bridgehead atoms. The summed E-state index contributed by atoms with van der Waals surface area (Å²) in [6, 6.07) is 0. The Hall–Kier alpha value is -0.0800. The van der Waals surface area contributed by atoms with E-state index in [1.807, 2.05) is 0 Å². The van der Waals surface area contributed by atoms with Crippen LogP contribution in [-0.2, 0) is 4.74 Å². The number of hydrogen-bond donors (Lipinski definition) is 1. The van der Waals surface area contributed by atoms with Crippen LogP contribution in [0, 0.1) is 5.92 Å². The van der Waals surface area contributed by atoms with Crippen LogP contribution in [0.4, 0.5) is 0 Å². The molecule has 0 spiro atoms. The van der Waals surface area contributed by atoms with Crippen LogP contribution in [0.3, 0.4) is 0 Å². The summed E-state index contributed by atoms with van der Waals surface area (Å²) in [6.45, 7) is 5.65. The van der Waals surface area contributed by atoms with Gasteiger partial charge < -0.3 is 10.5 Å². The summed E-state index contributed by atoms with van der Waals surface area (Å²) in [6.07, 6.45) is 18.4. The first-order valence-corrected chi connectivity index (χ1v) is 9.38. The molecule has 2 N–H and O–H groups in total. The van der Waals surface area contributed by atoms with Crippen molar-refractivity contribution >= 4 is 0 Å². The van der Waals surface area contributed by atoms with Crippen LogP contribution in [0.25, 0.3) is 0 Å². The van der Waals surface area contributed by atoms with Gasteiger partial charge in [-0.15, -0.1) is 0 Å². The van der Waals surface area contributed by atoms with Gasteiger partial charge in [-0.3, -0.25) is 0 Å². The summed E-state index contributed by atoms with van der Waals surface area (Å²) in [7, 11) is 3.30. The Morgan fingerprint density at radius 1 is 0.714 bits per heavy atom. The van der Waals surface area contributed by atoms with Crippen molar-refractivity contribution in [2.75, 3.05) is 20.8 Å². The summed E-state index contributed by atoms with van der Waals surface area (Å²) >= 11 is 0. The third kappa shape index (κ3) is 22.3. The standard InChI is InChI=1S/C18H38O.CH5N/c1-4-5-6-7-8-9-10-12-15-18(2)16-13-11-14-17-19-3;1-2/h18H,4-17H2,1-3H3;2H2,1H3. The maximum atomic E-state index is 5.08. The lowest BCUT2D eigenvalue weighted by molar-refractivity contribution is 0.191. The van der Waals surface area contributed by atoms with E-state index in [4.69, 9.17) is 4.74 Å². The first kappa shape index (κ1) is 23.2. The molecule has 0 aliphatic rings. The van der Waals surface area contributed by atoms with Gasteiger partial charge in [0.2, 0.25) is 0 Å². The van der Waals surface area contributed by atoms with Crippen molar-refractivity contribution in [1.29, 1.82) is 0 Å². The lowest BCUT2D eigenvalue weighted by atomic mass is 9.96. The third-order valence-corrected chi connectivity index (χ3v) is 4.10. The molecule has 0 aliphatic carbocycles. The van der Waals surface area contributed by atoms with E-state index in [1.54, 1.807) is 7.11 Å². The van der Waals surface area contributed by atoms with Gasteiger partial charge in [0, 0.05) is 13.7 Å². The van der Waals surface area contributed by atoms with Crippen molar-refractivity contribution in [2.24, 2.45) is 11.7 Å². The molecule has 2 heteroatoms. The molecule has 0 rings (SSSR count). The minimum Gasteiger partial charge on any atom is -0.385 e. The van der Waals surface area contributed by atoms with E-state index in [2.05, 4.69) is 19.6 Å². The first-order chi connectivity index (χ1) is 10.3. The number of rotatable bonds is 15. The van der Waals surface area contributed by atoms with E-state index in [0.29, 0.717) is 0 Å². The monoisotopic (exact) mass is 301 g/mol. The van der Waals surface area contributed by atoms with Gasteiger partial charge in [0.15, 0.2) is 0 Å². The van der Waals surface area contributed by atoms with E-state index in [0.717, 1.165) is 12.5 Å². The summed E-state index contributed by atoms with van der Waals surface area (Å²) < 4.78 is 5.08. The molecular formula is C19H43NO. The zero-order chi connectivity index (χ0) is 16.2. The molecule has 0 radical (unpaired) electrons. The van der Waals surface area contributed by atoms with Gasteiger partial charge >= 0.3 is 0 Å². The summed E-state index contributed by atoms with van der Waals surface area (Å²) in [4.78, 5) is 0. The molecule has 21 heavy (non-hydrogen) atoms. The molecule has 0 aliphatic heterocycles. The number of unbranched alkanes of at least 4 members (excludes halogenated alkanes) is 9. The maximum absolute atomic E-state index is 5.08. The molecule has 130 valence electrons. The van der Waals surface area contributed by atoms with Gasteiger partial charge in [0.25, 0.3) is 0 Å². The van der Waals surface area contributed by atoms with Gasteiger partial charge in [0.1, 0.15) is 0 Å². The van der Waals surface area contributed by atoms with Crippen LogP contribution in [0.5, 0.6) is 0 Å². The topological polar surface area (TPSA) is 35.2 Å². The Kier molecular flexibility index (Phi) is 24.5. The Morgan fingerprint density at radius 2 is 1.14 bits per heavy atom. The second-order valence-electron chi connectivity index (χ2n) is 6.21. The van der Waals surface area contributed by atoms with E-state index in [-0.39, 0.29) is 0 Å². The minimum atomic E-state index is 0.933. The predicted molar refractivity (Wildman–Crippen MR) is 96.8 cm³/mol. The van der Waals surface area contributed by atoms with Gasteiger partial charge in [-0.2, -0.15) is 0 Å². The van der Waals surface area contributed by atoms with Crippen molar-refractivity contribution < 1.29 is 4.74 Å². The fraction of sp³-hybridized carbons (Fsp3) is 1.00. The average molecular weight is 302 g/mol. The SMILES string of the molecule is CCCCCCCCCCC(C)CCCCCOC.CN. The van der Waals surface area contributed by atoms with E-state index >= 15 is 0 Å². The zero-order valence-corrected chi connectivity index (χ0v) is 15.5. The van der Waals surface area contributed by atoms with E-state index < -0.39 is 0 Å². The Bertz CT molecular complexity index is 162. The first-order valence-electron chi connectivity index (χ1n) is 9.38. The largest absolute Gasteiger partial charge is 0.385 e. The smallest absolute Gasteiger partial charge is 0.0462 e. The fourth-order valence-electron chi connectivity index (χ4n) is 2.69. The van der Waals surface area contributed by atoms with Crippen molar-refractivity contribution in [3.05, 3.63) is 0 Å². The molecular weight excluding hydrogens is 258 g/mol. The molecule has 1 atom stereocenters. The quantitative estimate of drug-likeness (QED) is 0.380. The number of hydrogen-bond acceptors (Lipinski definition) is 2. The normalized spacial score (nSPS) is 11.9. The van der Waals surface area contributed by atoms with Crippen molar-refractivity contribution in [1.82, 2.24) is 0 Å². The second-order valence-corrected chi connectivity index (χ2v) is 6.21. The molecule has 0 aromatic rings. The molecule has 0 saturated heterocycles. The highest BCUT2D eigenvalue weighted by molar-refractivity contribution is 4.55. The van der Waals surface area contributed by atoms with Crippen molar-refractivity contribution in [2.45, 2.75) is 97.3 Å². The number of ether oxygens (including phenoxy) is 1. The van der Waals surface area contributed by atoms with Gasteiger partial charge in [0.05, 0.1) is 0 Å². The van der Waals surface area contributed by atoms with E-state index in [9.17, 15) is 0 Å². The van der Waals surface area contributed by atoms with Crippen LogP contribution in [0.15, 0.2) is 0 Å². The second kappa shape index (κ2) is 22.2. The van der Waals surface area contributed by atoms with E-state index in [1.165, 1.54) is 90.5 Å². The average Bonchev–Trinajstić information content (AvgIpc) is 2.52. The lowest BCUT2D eigenvalue weighted by Crippen LogP contribution is -1.96. The molecule has 0 aromatic carbocycles. The number of nitrogens with two attached hydrogens (primary N) is 1. The predicted octanol–water partition coefficient (Wildman–Crippen LogP) is 5.94. The van der Waals surface area contributed by atoms with Crippen LogP contribution in [0.2, 0.25) is 0 Å². The zero-order valence-electron chi connectivity index (χ0n) is 15.5. The van der Waals surface area contributed by atoms with Crippen LogP contribution in [0.1, 0.15) is 97.3 Å². The Labute approximate surface area is 135 Å².